The Labute approximate surface area is 128 Å². The molecule has 0 atom stereocenters. The average Bonchev–Trinajstić information content (AvgIpc) is 3.11. The van der Waals surface area contributed by atoms with Gasteiger partial charge < -0.3 is 24.8 Å². The summed E-state index contributed by atoms with van der Waals surface area (Å²) in [5, 5.41) is 11.7. The number of nitrogens with zero attached hydrogens (tertiary/aromatic N) is 1. The Hall–Kier alpha value is -1.99. The molecule has 2 rings (SSSR count). The third-order valence-electron chi connectivity index (χ3n) is 3.47. The van der Waals surface area contributed by atoms with Gasteiger partial charge in [-0.2, -0.15) is 0 Å². The molecule has 2 aliphatic rings. The molecule has 2 N–H and O–H groups in total. The van der Waals surface area contributed by atoms with Crippen molar-refractivity contribution >= 4 is 18.2 Å². The van der Waals surface area contributed by atoms with Crippen molar-refractivity contribution < 1.29 is 29.0 Å². The fourth-order valence-corrected chi connectivity index (χ4v) is 2.04. The number of carbonyl (C=O) groups excluding carboxylic acids is 2. The summed E-state index contributed by atoms with van der Waals surface area (Å²) in [5.74, 6) is -0.804. The summed E-state index contributed by atoms with van der Waals surface area (Å²) in [7, 11) is 0. The highest BCUT2D eigenvalue weighted by molar-refractivity contribution is 5.88. The Kier molecular flexibility index (Phi) is 4.21. The monoisotopic (exact) mass is 314 g/mol. The molecule has 0 aromatic carbocycles. The Morgan fingerprint density at radius 2 is 1.86 bits per heavy atom. The summed E-state index contributed by atoms with van der Waals surface area (Å²) in [5.41, 5.74) is -2.16. The number of hydrogen-bond donors (Lipinski definition) is 2. The molecule has 0 aromatic rings. The third-order valence-corrected chi connectivity index (χ3v) is 3.47. The lowest BCUT2D eigenvalue weighted by atomic mass is 9.90. The number of rotatable bonds is 4. The van der Waals surface area contributed by atoms with Crippen LogP contribution in [0.15, 0.2) is 0 Å². The zero-order valence-corrected chi connectivity index (χ0v) is 13.0. The van der Waals surface area contributed by atoms with E-state index in [1.165, 1.54) is 4.90 Å². The summed E-state index contributed by atoms with van der Waals surface area (Å²) in [6, 6.07) is 0. The van der Waals surface area contributed by atoms with Crippen LogP contribution in [0.1, 0.15) is 33.6 Å². The summed E-state index contributed by atoms with van der Waals surface area (Å²) in [6.45, 7) is 5.19. The number of nitrogens with one attached hydrogen (secondary N) is 1. The van der Waals surface area contributed by atoms with Crippen molar-refractivity contribution in [3.05, 3.63) is 0 Å². The van der Waals surface area contributed by atoms with Crippen molar-refractivity contribution in [2.75, 3.05) is 19.7 Å². The first-order chi connectivity index (χ1) is 10.1. The fourth-order valence-electron chi connectivity index (χ4n) is 2.04. The van der Waals surface area contributed by atoms with Crippen LogP contribution in [0, 0.1) is 5.92 Å². The largest absolute Gasteiger partial charge is 0.479 e. The first kappa shape index (κ1) is 16.4. The molecule has 0 unspecified atom stereocenters. The lowest BCUT2D eigenvalue weighted by Crippen LogP contribution is -2.75. The molecule has 124 valence electrons. The lowest BCUT2D eigenvalue weighted by Gasteiger charge is -2.46. The maximum Gasteiger partial charge on any atom is 0.410 e. The van der Waals surface area contributed by atoms with E-state index in [0.29, 0.717) is 12.5 Å². The second-order valence-corrected chi connectivity index (χ2v) is 6.89. The Morgan fingerprint density at radius 3 is 2.32 bits per heavy atom. The molecule has 1 saturated carbocycles. The van der Waals surface area contributed by atoms with Crippen molar-refractivity contribution in [1.82, 2.24) is 10.2 Å². The number of hydrogen-bond acceptors (Lipinski definition) is 5. The lowest BCUT2D eigenvalue weighted by molar-refractivity contribution is -0.151. The number of amides is 2. The SMILES string of the molecule is CC(C)(C)OC(=O)N1CC(NC(=O)OCC2CC2)(C(=O)O)C1. The minimum atomic E-state index is -1.50. The van der Waals surface area contributed by atoms with Crippen LogP contribution in [0.3, 0.4) is 0 Å². The number of carbonyl (C=O) groups is 3. The Balaban J connectivity index is 1.85. The van der Waals surface area contributed by atoms with Crippen LogP contribution in [0.25, 0.3) is 0 Å². The molecule has 1 aliphatic carbocycles. The fraction of sp³-hybridized carbons (Fsp3) is 0.786. The van der Waals surface area contributed by atoms with E-state index < -0.39 is 29.3 Å². The maximum absolute atomic E-state index is 11.8. The molecule has 0 radical (unpaired) electrons. The molecule has 8 heteroatoms. The van der Waals surface area contributed by atoms with Crippen molar-refractivity contribution in [2.45, 2.75) is 44.8 Å². The van der Waals surface area contributed by atoms with Gasteiger partial charge in [0, 0.05) is 0 Å². The standard InChI is InChI=1S/C14H22N2O6/c1-13(2,3)22-12(20)16-7-14(8-16,10(17)18)15-11(19)21-6-9-4-5-9/h9H,4-8H2,1-3H3,(H,15,19)(H,17,18). The van der Waals surface area contributed by atoms with E-state index in [1.807, 2.05) is 0 Å². The molecular formula is C14H22N2O6. The number of aliphatic carboxylic acids is 1. The van der Waals surface area contributed by atoms with E-state index >= 15 is 0 Å². The van der Waals surface area contributed by atoms with Gasteiger partial charge >= 0.3 is 18.2 Å². The Bertz CT molecular complexity index is 474. The summed E-state index contributed by atoms with van der Waals surface area (Å²) < 4.78 is 10.1. The second-order valence-electron chi connectivity index (χ2n) is 6.89. The van der Waals surface area contributed by atoms with E-state index in [-0.39, 0.29) is 13.1 Å². The van der Waals surface area contributed by atoms with Gasteiger partial charge in [-0.15, -0.1) is 0 Å². The van der Waals surface area contributed by atoms with Gasteiger partial charge in [-0.3, -0.25) is 0 Å². The van der Waals surface area contributed by atoms with Gasteiger partial charge in [0.15, 0.2) is 5.54 Å². The predicted molar refractivity (Wildman–Crippen MR) is 75.4 cm³/mol. The normalized spacial score (nSPS) is 19.9. The number of ether oxygens (including phenoxy) is 2. The van der Waals surface area contributed by atoms with Gasteiger partial charge in [-0.1, -0.05) is 0 Å². The summed E-state index contributed by atoms with van der Waals surface area (Å²) in [4.78, 5) is 36.1. The van der Waals surface area contributed by atoms with E-state index in [1.54, 1.807) is 20.8 Å². The first-order valence-electron chi connectivity index (χ1n) is 7.27. The molecule has 8 nitrogen and oxygen atoms in total. The number of carboxylic acid groups (broad SMARTS) is 1. The average molecular weight is 314 g/mol. The molecular weight excluding hydrogens is 292 g/mol. The van der Waals surface area contributed by atoms with Crippen molar-refractivity contribution in [3.8, 4) is 0 Å². The smallest absolute Gasteiger partial charge is 0.410 e. The summed E-state index contributed by atoms with van der Waals surface area (Å²) in [6.07, 6.45) is 0.698. The highest BCUT2D eigenvalue weighted by atomic mass is 16.6. The van der Waals surface area contributed by atoms with E-state index in [4.69, 9.17) is 9.47 Å². The van der Waals surface area contributed by atoms with Gasteiger partial charge in [0.05, 0.1) is 19.7 Å². The zero-order chi connectivity index (χ0) is 16.5. The zero-order valence-electron chi connectivity index (χ0n) is 13.0. The molecule has 1 heterocycles. The number of alkyl carbamates (subject to hydrolysis) is 1. The summed E-state index contributed by atoms with van der Waals surface area (Å²) >= 11 is 0. The van der Waals surface area contributed by atoms with Crippen molar-refractivity contribution in [3.63, 3.8) is 0 Å². The van der Waals surface area contributed by atoms with Crippen LogP contribution < -0.4 is 5.32 Å². The van der Waals surface area contributed by atoms with Crippen LogP contribution >= 0.6 is 0 Å². The van der Waals surface area contributed by atoms with Gasteiger partial charge in [0.25, 0.3) is 0 Å². The third kappa shape index (κ3) is 4.02. The molecule has 2 amide bonds. The van der Waals surface area contributed by atoms with E-state index in [9.17, 15) is 19.5 Å². The van der Waals surface area contributed by atoms with E-state index in [0.717, 1.165) is 12.8 Å². The molecule has 1 saturated heterocycles. The molecule has 22 heavy (non-hydrogen) atoms. The van der Waals surface area contributed by atoms with Crippen molar-refractivity contribution in [1.29, 1.82) is 0 Å². The van der Waals surface area contributed by atoms with Crippen LogP contribution in [0.2, 0.25) is 0 Å². The van der Waals surface area contributed by atoms with Crippen LogP contribution in [0.5, 0.6) is 0 Å². The van der Waals surface area contributed by atoms with Gasteiger partial charge in [-0.05, 0) is 39.5 Å². The Morgan fingerprint density at radius 1 is 1.27 bits per heavy atom. The topological polar surface area (TPSA) is 105 Å². The van der Waals surface area contributed by atoms with Gasteiger partial charge in [0.2, 0.25) is 0 Å². The highest BCUT2D eigenvalue weighted by Crippen LogP contribution is 2.29. The van der Waals surface area contributed by atoms with Gasteiger partial charge in [-0.25, -0.2) is 14.4 Å². The maximum atomic E-state index is 11.8. The van der Waals surface area contributed by atoms with Crippen LogP contribution in [-0.4, -0.2) is 59.0 Å². The molecule has 2 fully saturated rings. The second kappa shape index (κ2) is 5.66. The van der Waals surface area contributed by atoms with Gasteiger partial charge in [0.1, 0.15) is 5.60 Å². The molecule has 0 aromatic heterocycles. The van der Waals surface area contributed by atoms with E-state index in [2.05, 4.69) is 5.32 Å². The van der Waals surface area contributed by atoms with Crippen molar-refractivity contribution in [2.24, 2.45) is 5.92 Å². The van der Waals surface area contributed by atoms with Crippen LogP contribution in [-0.2, 0) is 14.3 Å². The predicted octanol–water partition coefficient (Wildman–Crippen LogP) is 1.20. The number of carboxylic acids is 1. The first-order valence-corrected chi connectivity index (χ1v) is 7.27. The highest BCUT2D eigenvalue weighted by Gasteiger charge is 2.54. The molecule has 1 aliphatic heterocycles. The number of likely N-dealkylation sites (tertiary alicyclic amines) is 1. The molecule has 0 bridgehead atoms. The van der Waals surface area contributed by atoms with Crippen LogP contribution in [0.4, 0.5) is 9.59 Å². The molecule has 0 spiro atoms. The quantitative estimate of drug-likeness (QED) is 0.807. The minimum absolute atomic E-state index is 0.143. The minimum Gasteiger partial charge on any atom is -0.479 e.